The van der Waals surface area contributed by atoms with Crippen LogP contribution in [0.4, 0.5) is 0 Å². The number of hydrogen-bond donors (Lipinski definition) is 1. The van der Waals surface area contributed by atoms with E-state index in [1.54, 1.807) is 26.1 Å². The van der Waals surface area contributed by atoms with Crippen molar-refractivity contribution in [1.29, 1.82) is 0 Å². The second-order valence-corrected chi connectivity index (χ2v) is 6.80. The molecule has 0 radical (unpaired) electrons. The summed E-state index contributed by atoms with van der Waals surface area (Å²) in [5, 5.41) is 0.856. The number of benzene rings is 1. The number of ether oxygens (including phenoxy) is 1. The van der Waals surface area contributed by atoms with Crippen LogP contribution in [-0.2, 0) is 11.8 Å². The molecule has 0 saturated heterocycles. The lowest BCUT2D eigenvalue weighted by atomic mass is 9.87. The number of carbonyl (C=O) groups excluding carboxylic acids is 1. The van der Waals surface area contributed by atoms with E-state index < -0.39 is 11.9 Å². The number of aromatic amines is 1. The fourth-order valence-electron chi connectivity index (χ4n) is 3.50. The summed E-state index contributed by atoms with van der Waals surface area (Å²) in [6, 6.07) is 9.20. The van der Waals surface area contributed by atoms with Crippen molar-refractivity contribution < 1.29 is 9.53 Å². The largest absolute Gasteiger partial charge is 0.426 e. The number of H-pyrrole nitrogens is 1. The van der Waals surface area contributed by atoms with E-state index in [0.29, 0.717) is 16.8 Å². The van der Waals surface area contributed by atoms with Gasteiger partial charge in [-0.05, 0) is 36.9 Å². The lowest BCUT2D eigenvalue weighted by Crippen LogP contribution is -2.34. The Labute approximate surface area is 149 Å². The third-order valence-electron chi connectivity index (χ3n) is 5.02. The summed E-state index contributed by atoms with van der Waals surface area (Å²) < 4.78 is 6.78. The van der Waals surface area contributed by atoms with Gasteiger partial charge in [-0.15, -0.1) is 0 Å². The van der Waals surface area contributed by atoms with Crippen LogP contribution >= 0.6 is 0 Å². The zero-order valence-corrected chi connectivity index (χ0v) is 14.8. The maximum atomic E-state index is 12.8. The fraction of sp³-hybridized carbons (Fsp3) is 0.250. The first-order valence-electron chi connectivity index (χ1n) is 8.40. The van der Waals surface area contributed by atoms with E-state index in [1.165, 1.54) is 4.57 Å². The number of rotatable bonds is 1. The first-order chi connectivity index (χ1) is 12.3. The lowest BCUT2D eigenvalue weighted by molar-refractivity contribution is -0.135. The van der Waals surface area contributed by atoms with E-state index in [-0.39, 0.29) is 23.3 Å². The van der Waals surface area contributed by atoms with Gasteiger partial charge in [0.1, 0.15) is 5.75 Å². The molecule has 0 unspecified atom stereocenters. The summed E-state index contributed by atoms with van der Waals surface area (Å²) in [6.45, 7) is 3.72. The number of hydrogen-bond acceptors (Lipinski definition) is 4. The van der Waals surface area contributed by atoms with E-state index in [4.69, 9.17) is 4.74 Å². The fourth-order valence-corrected chi connectivity index (χ4v) is 3.50. The molecule has 4 rings (SSSR count). The smallest absolute Gasteiger partial charge is 0.312 e. The Morgan fingerprint density at radius 3 is 2.65 bits per heavy atom. The Hall–Kier alpha value is -3.15. The van der Waals surface area contributed by atoms with Gasteiger partial charge in [0, 0.05) is 35.8 Å². The van der Waals surface area contributed by atoms with Gasteiger partial charge in [-0.3, -0.25) is 14.4 Å². The minimum Gasteiger partial charge on any atom is -0.426 e. The number of pyridine rings is 2. The first-order valence-corrected chi connectivity index (χ1v) is 8.40. The van der Waals surface area contributed by atoms with Crippen molar-refractivity contribution in [3.05, 3.63) is 73.4 Å². The first kappa shape index (κ1) is 16.3. The molecular formula is C20H18N2O4. The van der Waals surface area contributed by atoms with Gasteiger partial charge in [0.15, 0.2) is 0 Å². The highest BCUT2D eigenvalue weighted by atomic mass is 16.5. The summed E-state index contributed by atoms with van der Waals surface area (Å²) >= 11 is 0. The summed E-state index contributed by atoms with van der Waals surface area (Å²) in [5.41, 5.74) is 2.67. The number of carbonyl (C=O) groups is 1. The van der Waals surface area contributed by atoms with Crippen LogP contribution in [0.15, 0.2) is 39.9 Å². The van der Waals surface area contributed by atoms with Gasteiger partial charge in [-0.25, -0.2) is 0 Å². The van der Waals surface area contributed by atoms with Crippen molar-refractivity contribution in [1.82, 2.24) is 9.55 Å². The van der Waals surface area contributed by atoms with Crippen LogP contribution in [0.2, 0.25) is 0 Å². The number of nitrogens with zero attached hydrogens (tertiary/aromatic N) is 1. The Kier molecular flexibility index (Phi) is 3.57. The second kappa shape index (κ2) is 5.69. The zero-order chi connectivity index (χ0) is 18.6. The molecule has 132 valence electrons. The van der Waals surface area contributed by atoms with E-state index in [1.807, 2.05) is 25.1 Å². The van der Waals surface area contributed by atoms with Gasteiger partial charge >= 0.3 is 5.97 Å². The zero-order valence-electron chi connectivity index (χ0n) is 14.8. The lowest BCUT2D eigenvalue weighted by Gasteiger charge is -2.25. The van der Waals surface area contributed by atoms with Crippen molar-refractivity contribution in [2.45, 2.75) is 26.2 Å². The highest BCUT2D eigenvalue weighted by Gasteiger charge is 2.33. The number of aryl methyl sites for hydroxylation is 2. The Balaban J connectivity index is 1.99. The molecule has 6 heteroatoms. The summed E-state index contributed by atoms with van der Waals surface area (Å²) in [5.74, 6) is -0.825. The van der Waals surface area contributed by atoms with E-state index >= 15 is 0 Å². The molecule has 26 heavy (non-hydrogen) atoms. The standard InChI is InChI=1S/C20H18N2O4/c1-10-4-5-12-8-14(19(24)21-15(12)6-10)13-9-17(23)26-16-7-11(2)22(3)20(25)18(13)16/h4-8,13H,9H2,1-3H3,(H,21,24)/t13-/m0/s1. The minimum absolute atomic E-state index is 0.0360. The molecule has 3 heterocycles. The van der Waals surface area contributed by atoms with Crippen molar-refractivity contribution >= 4 is 16.9 Å². The van der Waals surface area contributed by atoms with E-state index in [9.17, 15) is 14.4 Å². The van der Waals surface area contributed by atoms with Gasteiger partial charge < -0.3 is 14.3 Å². The molecule has 0 amide bonds. The van der Waals surface area contributed by atoms with Gasteiger partial charge in [-0.1, -0.05) is 12.1 Å². The third-order valence-corrected chi connectivity index (χ3v) is 5.02. The number of fused-ring (bicyclic) bond motifs is 2. The molecule has 0 fully saturated rings. The third kappa shape index (κ3) is 2.45. The van der Waals surface area contributed by atoms with Crippen LogP contribution in [0.1, 0.15) is 34.7 Å². The molecule has 1 aromatic carbocycles. The molecule has 1 atom stereocenters. The van der Waals surface area contributed by atoms with Crippen LogP contribution in [-0.4, -0.2) is 15.5 Å². The highest BCUT2D eigenvalue weighted by Crippen LogP contribution is 2.36. The van der Waals surface area contributed by atoms with Crippen molar-refractivity contribution in [2.75, 3.05) is 0 Å². The molecule has 0 spiro atoms. The maximum Gasteiger partial charge on any atom is 0.312 e. The number of esters is 1. The molecule has 3 aromatic rings. The van der Waals surface area contributed by atoms with E-state index in [0.717, 1.165) is 16.5 Å². The molecule has 1 N–H and O–H groups in total. The normalized spacial score (nSPS) is 16.4. The molecular weight excluding hydrogens is 332 g/mol. The predicted molar refractivity (Wildman–Crippen MR) is 97.8 cm³/mol. The van der Waals surface area contributed by atoms with Crippen LogP contribution in [0.3, 0.4) is 0 Å². The monoisotopic (exact) mass is 350 g/mol. The topological polar surface area (TPSA) is 81.2 Å². The quantitative estimate of drug-likeness (QED) is 0.683. The molecule has 2 aromatic heterocycles. The van der Waals surface area contributed by atoms with Crippen molar-refractivity contribution in [3.8, 4) is 5.75 Å². The van der Waals surface area contributed by atoms with Crippen LogP contribution in [0.5, 0.6) is 5.75 Å². The van der Waals surface area contributed by atoms with Gasteiger partial charge in [0.2, 0.25) is 0 Å². The molecule has 1 aliphatic rings. The van der Waals surface area contributed by atoms with Crippen LogP contribution in [0.25, 0.3) is 10.9 Å². The molecule has 6 nitrogen and oxygen atoms in total. The van der Waals surface area contributed by atoms with Gasteiger partial charge in [0.05, 0.1) is 12.0 Å². The SMILES string of the molecule is Cc1ccc2cc([C@@H]3CC(=O)Oc4cc(C)n(C)c(=O)c43)c(=O)[nH]c2c1. The summed E-state index contributed by atoms with van der Waals surface area (Å²) in [7, 11) is 1.67. The highest BCUT2D eigenvalue weighted by molar-refractivity contribution is 5.81. The molecule has 1 aliphatic heterocycles. The number of nitrogens with one attached hydrogen (secondary N) is 1. The Morgan fingerprint density at radius 2 is 1.88 bits per heavy atom. The van der Waals surface area contributed by atoms with Crippen LogP contribution < -0.4 is 15.9 Å². The average molecular weight is 350 g/mol. The Bertz CT molecular complexity index is 1190. The molecule has 0 saturated carbocycles. The number of aromatic nitrogens is 2. The predicted octanol–water partition coefficient (Wildman–Crippen LogP) is 2.28. The molecule has 0 bridgehead atoms. The summed E-state index contributed by atoms with van der Waals surface area (Å²) in [4.78, 5) is 40.5. The van der Waals surface area contributed by atoms with E-state index in [2.05, 4.69) is 4.98 Å². The molecule has 0 aliphatic carbocycles. The van der Waals surface area contributed by atoms with Gasteiger partial charge in [0.25, 0.3) is 11.1 Å². The Morgan fingerprint density at radius 1 is 1.12 bits per heavy atom. The maximum absolute atomic E-state index is 12.8. The van der Waals surface area contributed by atoms with Crippen molar-refractivity contribution in [2.24, 2.45) is 7.05 Å². The van der Waals surface area contributed by atoms with Crippen LogP contribution in [0, 0.1) is 13.8 Å². The minimum atomic E-state index is -0.625. The average Bonchev–Trinajstić information content (AvgIpc) is 2.58. The van der Waals surface area contributed by atoms with Gasteiger partial charge in [-0.2, -0.15) is 0 Å². The van der Waals surface area contributed by atoms with Crippen molar-refractivity contribution in [3.63, 3.8) is 0 Å². The summed E-state index contributed by atoms with van der Waals surface area (Å²) in [6.07, 6.45) is -0.0360. The second-order valence-electron chi connectivity index (χ2n) is 6.80.